The van der Waals surface area contributed by atoms with Crippen LogP contribution in [0.25, 0.3) is 0 Å². The number of hydrogen-bond acceptors (Lipinski definition) is 3. The summed E-state index contributed by atoms with van der Waals surface area (Å²) in [5.41, 5.74) is 7.42. The van der Waals surface area contributed by atoms with Crippen molar-refractivity contribution < 1.29 is 4.39 Å². The van der Waals surface area contributed by atoms with E-state index in [0.717, 1.165) is 31.6 Å². The third kappa shape index (κ3) is 5.47. The Bertz CT molecular complexity index is 405. The average molecular weight is 281 g/mol. The van der Waals surface area contributed by atoms with Gasteiger partial charge in [0.15, 0.2) is 0 Å². The summed E-state index contributed by atoms with van der Waals surface area (Å²) in [5.74, 6) is -0.143. The van der Waals surface area contributed by atoms with Gasteiger partial charge in [-0.1, -0.05) is 13.0 Å². The van der Waals surface area contributed by atoms with Gasteiger partial charge in [0.05, 0.1) is 5.69 Å². The van der Waals surface area contributed by atoms with Crippen LogP contribution in [-0.4, -0.2) is 44.7 Å². The second kappa shape index (κ2) is 8.22. The maximum absolute atomic E-state index is 14.3. The molecule has 0 aliphatic heterocycles. The highest BCUT2D eigenvalue weighted by Crippen LogP contribution is 2.21. The van der Waals surface area contributed by atoms with Crippen molar-refractivity contribution in [1.29, 1.82) is 0 Å². The molecule has 0 fully saturated rings. The molecule has 114 valence electrons. The normalized spacial score (nSPS) is 12.8. The fourth-order valence-electron chi connectivity index (χ4n) is 2.25. The van der Waals surface area contributed by atoms with Crippen LogP contribution in [0.3, 0.4) is 0 Å². The molecule has 0 saturated heterocycles. The van der Waals surface area contributed by atoms with Crippen LogP contribution in [0, 0.1) is 5.82 Å². The fraction of sp³-hybridized carbons (Fsp3) is 0.625. The van der Waals surface area contributed by atoms with Gasteiger partial charge in [0, 0.05) is 25.7 Å². The lowest BCUT2D eigenvalue weighted by Crippen LogP contribution is -2.33. The molecule has 4 heteroatoms. The predicted octanol–water partition coefficient (Wildman–Crippen LogP) is 2.49. The first kappa shape index (κ1) is 16.9. The lowest BCUT2D eigenvalue weighted by atomic mass is 10.1. The van der Waals surface area contributed by atoms with E-state index in [0.29, 0.717) is 12.1 Å². The summed E-state index contributed by atoms with van der Waals surface area (Å²) in [5, 5.41) is 0. The van der Waals surface area contributed by atoms with Gasteiger partial charge in [-0.25, -0.2) is 4.39 Å². The minimum Gasteiger partial charge on any atom is -0.368 e. The Balaban J connectivity index is 2.84. The van der Waals surface area contributed by atoms with Crippen LogP contribution in [-0.2, 0) is 6.42 Å². The first-order valence-corrected chi connectivity index (χ1v) is 7.37. The second-order valence-electron chi connectivity index (χ2n) is 5.76. The monoisotopic (exact) mass is 281 g/mol. The third-order valence-corrected chi connectivity index (χ3v) is 3.22. The summed E-state index contributed by atoms with van der Waals surface area (Å²) < 4.78 is 14.3. The van der Waals surface area contributed by atoms with Gasteiger partial charge in [0.2, 0.25) is 0 Å². The SMILES string of the molecule is CCCN(CCN(C)C)c1ccc(CC(C)N)cc1F. The molecule has 0 spiro atoms. The Kier molecular flexibility index (Phi) is 6.96. The number of nitrogens with zero attached hydrogens (tertiary/aromatic N) is 2. The van der Waals surface area contributed by atoms with Crippen molar-refractivity contribution in [3.8, 4) is 0 Å². The molecule has 0 saturated carbocycles. The van der Waals surface area contributed by atoms with Gasteiger partial charge in [-0.3, -0.25) is 0 Å². The summed E-state index contributed by atoms with van der Waals surface area (Å²) >= 11 is 0. The Morgan fingerprint density at radius 3 is 2.40 bits per heavy atom. The zero-order valence-corrected chi connectivity index (χ0v) is 13.2. The molecule has 1 rings (SSSR count). The second-order valence-corrected chi connectivity index (χ2v) is 5.76. The van der Waals surface area contributed by atoms with Crippen LogP contribution in [0.4, 0.5) is 10.1 Å². The predicted molar refractivity (Wildman–Crippen MR) is 84.8 cm³/mol. The first-order chi connectivity index (χ1) is 9.43. The van der Waals surface area contributed by atoms with E-state index in [1.54, 1.807) is 6.07 Å². The lowest BCUT2D eigenvalue weighted by Gasteiger charge is -2.26. The van der Waals surface area contributed by atoms with Crippen molar-refractivity contribution >= 4 is 5.69 Å². The Morgan fingerprint density at radius 1 is 1.20 bits per heavy atom. The molecule has 1 unspecified atom stereocenters. The molecule has 0 aromatic heterocycles. The molecular weight excluding hydrogens is 253 g/mol. The van der Waals surface area contributed by atoms with Crippen molar-refractivity contribution in [2.75, 3.05) is 38.6 Å². The van der Waals surface area contributed by atoms with Crippen molar-refractivity contribution in [2.45, 2.75) is 32.7 Å². The van der Waals surface area contributed by atoms with Gasteiger partial charge >= 0.3 is 0 Å². The van der Waals surface area contributed by atoms with Gasteiger partial charge in [0.1, 0.15) is 5.82 Å². The number of anilines is 1. The topological polar surface area (TPSA) is 32.5 Å². The summed E-state index contributed by atoms with van der Waals surface area (Å²) in [6, 6.07) is 5.55. The Hall–Kier alpha value is -1.13. The Labute approximate surface area is 122 Å². The number of hydrogen-bond donors (Lipinski definition) is 1. The largest absolute Gasteiger partial charge is 0.368 e. The van der Waals surface area contributed by atoms with Gasteiger partial charge in [-0.2, -0.15) is 0 Å². The quantitative estimate of drug-likeness (QED) is 0.794. The third-order valence-electron chi connectivity index (χ3n) is 3.22. The molecule has 0 heterocycles. The number of rotatable bonds is 8. The molecular formula is C16H28FN3. The summed E-state index contributed by atoms with van der Waals surface area (Å²) in [7, 11) is 4.07. The standard InChI is InChI=1S/C16H28FN3/c1-5-8-20(10-9-19(3)4)16-7-6-14(11-13(2)18)12-15(16)17/h6-7,12-13H,5,8-11,18H2,1-4H3. The molecule has 20 heavy (non-hydrogen) atoms. The number of halogens is 1. The molecule has 1 aromatic carbocycles. The van der Waals surface area contributed by atoms with E-state index in [1.807, 2.05) is 33.2 Å². The van der Waals surface area contributed by atoms with Gasteiger partial charge in [-0.05, 0) is 51.6 Å². The smallest absolute Gasteiger partial charge is 0.146 e. The van der Waals surface area contributed by atoms with Crippen LogP contribution < -0.4 is 10.6 Å². The van der Waals surface area contributed by atoms with E-state index in [4.69, 9.17) is 5.73 Å². The summed E-state index contributed by atoms with van der Waals surface area (Å²) in [6.07, 6.45) is 1.72. The highest BCUT2D eigenvalue weighted by molar-refractivity contribution is 5.49. The molecule has 0 radical (unpaired) electrons. The van der Waals surface area contributed by atoms with Crippen LogP contribution in [0.2, 0.25) is 0 Å². The number of likely N-dealkylation sites (N-methyl/N-ethyl adjacent to an activating group) is 1. The van der Waals surface area contributed by atoms with Crippen LogP contribution in [0.15, 0.2) is 18.2 Å². The summed E-state index contributed by atoms with van der Waals surface area (Å²) in [6.45, 7) is 6.68. The van der Waals surface area contributed by atoms with E-state index in [1.165, 1.54) is 0 Å². The zero-order valence-electron chi connectivity index (χ0n) is 13.2. The molecule has 3 nitrogen and oxygen atoms in total. The van der Waals surface area contributed by atoms with E-state index in [9.17, 15) is 4.39 Å². The Morgan fingerprint density at radius 2 is 1.90 bits per heavy atom. The molecule has 0 bridgehead atoms. The number of benzene rings is 1. The average Bonchev–Trinajstić information content (AvgIpc) is 2.34. The lowest BCUT2D eigenvalue weighted by molar-refractivity contribution is 0.412. The fourth-order valence-corrected chi connectivity index (χ4v) is 2.25. The van der Waals surface area contributed by atoms with Crippen LogP contribution in [0.1, 0.15) is 25.8 Å². The van der Waals surface area contributed by atoms with Crippen molar-refractivity contribution in [3.05, 3.63) is 29.6 Å². The highest BCUT2D eigenvalue weighted by atomic mass is 19.1. The van der Waals surface area contributed by atoms with Crippen molar-refractivity contribution in [1.82, 2.24) is 4.90 Å². The molecule has 0 aliphatic carbocycles. The van der Waals surface area contributed by atoms with Gasteiger partial charge in [0.25, 0.3) is 0 Å². The minimum atomic E-state index is -0.143. The molecule has 2 N–H and O–H groups in total. The molecule has 0 aliphatic rings. The van der Waals surface area contributed by atoms with Gasteiger partial charge < -0.3 is 15.5 Å². The number of nitrogens with two attached hydrogens (primary N) is 1. The van der Waals surface area contributed by atoms with E-state index < -0.39 is 0 Å². The van der Waals surface area contributed by atoms with E-state index in [2.05, 4.69) is 16.7 Å². The van der Waals surface area contributed by atoms with Crippen molar-refractivity contribution in [2.24, 2.45) is 5.73 Å². The maximum Gasteiger partial charge on any atom is 0.146 e. The van der Waals surface area contributed by atoms with Crippen LogP contribution >= 0.6 is 0 Å². The van der Waals surface area contributed by atoms with Crippen molar-refractivity contribution in [3.63, 3.8) is 0 Å². The first-order valence-electron chi connectivity index (χ1n) is 7.37. The van der Waals surface area contributed by atoms with Gasteiger partial charge in [-0.15, -0.1) is 0 Å². The minimum absolute atomic E-state index is 0.0562. The molecule has 1 aromatic rings. The maximum atomic E-state index is 14.3. The molecule has 0 amide bonds. The van der Waals surface area contributed by atoms with E-state index in [-0.39, 0.29) is 11.9 Å². The zero-order chi connectivity index (χ0) is 15.1. The summed E-state index contributed by atoms with van der Waals surface area (Å²) in [4.78, 5) is 4.23. The van der Waals surface area contributed by atoms with Crippen LogP contribution in [0.5, 0.6) is 0 Å². The molecule has 1 atom stereocenters. The van der Waals surface area contributed by atoms with E-state index >= 15 is 0 Å². The highest BCUT2D eigenvalue weighted by Gasteiger charge is 2.12.